The molecule has 0 fully saturated rings. The predicted octanol–water partition coefficient (Wildman–Crippen LogP) is 3.22. The van der Waals surface area contributed by atoms with E-state index in [1.54, 1.807) is 0 Å². The highest BCUT2D eigenvalue weighted by molar-refractivity contribution is 7.11. The fraction of sp³-hybridized carbons (Fsp3) is 0.800. The molecule has 0 aliphatic carbocycles. The second-order valence-electron chi connectivity index (χ2n) is 5.08. The second-order valence-corrected chi connectivity index (χ2v) is 6.25. The second kappa shape index (κ2) is 8.67. The van der Waals surface area contributed by atoms with E-state index in [1.807, 2.05) is 11.3 Å². The lowest BCUT2D eigenvalue weighted by molar-refractivity contribution is 0.308. The summed E-state index contributed by atoms with van der Waals surface area (Å²) in [4.78, 5) is 8.56. The molecule has 1 N–H and O–H groups in total. The van der Waals surface area contributed by atoms with E-state index in [0.29, 0.717) is 6.04 Å². The summed E-state index contributed by atoms with van der Waals surface area (Å²) in [5, 5.41) is 4.83. The van der Waals surface area contributed by atoms with E-state index >= 15 is 0 Å². The number of hydrogen-bond acceptors (Lipinski definition) is 4. The Labute approximate surface area is 122 Å². The number of thiazole rings is 1. The molecule has 110 valence electrons. The first-order valence-electron chi connectivity index (χ1n) is 7.51. The molecule has 0 aliphatic heterocycles. The van der Waals surface area contributed by atoms with Crippen LogP contribution >= 0.6 is 11.3 Å². The summed E-state index contributed by atoms with van der Waals surface area (Å²) < 4.78 is 0. The molecule has 1 heterocycles. The zero-order chi connectivity index (χ0) is 14.3. The summed E-state index contributed by atoms with van der Waals surface area (Å²) in [7, 11) is 0. The molecule has 0 aliphatic rings. The van der Waals surface area contributed by atoms with E-state index in [-0.39, 0.29) is 0 Å². The molecule has 1 atom stereocenters. The summed E-state index contributed by atoms with van der Waals surface area (Å²) >= 11 is 1.87. The minimum Gasteiger partial charge on any atom is -0.309 e. The Bertz CT molecular complexity index is 358. The smallest absolute Gasteiger partial charge is 0.0944 e. The van der Waals surface area contributed by atoms with Gasteiger partial charge >= 0.3 is 0 Å². The first-order chi connectivity index (χ1) is 9.10. The molecule has 0 saturated carbocycles. The summed E-state index contributed by atoms with van der Waals surface area (Å²) in [6, 6.07) is 0.584. The molecule has 0 spiro atoms. The largest absolute Gasteiger partial charge is 0.309 e. The number of hydrogen-bond donors (Lipinski definition) is 1. The van der Waals surface area contributed by atoms with Crippen molar-refractivity contribution in [2.45, 2.75) is 60.0 Å². The molecule has 1 unspecified atom stereocenters. The van der Waals surface area contributed by atoms with Crippen LogP contribution in [0, 0.1) is 6.92 Å². The zero-order valence-electron chi connectivity index (χ0n) is 13.1. The van der Waals surface area contributed by atoms with Gasteiger partial charge in [0.2, 0.25) is 0 Å². The van der Waals surface area contributed by atoms with Gasteiger partial charge in [0.05, 0.1) is 10.7 Å². The van der Waals surface area contributed by atoms with Crippen molar-refractivity contribution in [3.63, 3.8) is 0 Å². The van der Waals surface area contributed by atoms with Crippen LogP contribution in [-0.4, -0.2) is 35.6 Å². The summed E-state index contributed by atoms with van der Waals surface area (Å²) in [5.74, 6) is 0. The van der Waals surface area contributed by atoms with Gasteiger partial charge < -0.3 is 10.2 Å². The van der Waals surface area contributed by atoms with E-state index in [1.165, 1.54) is 22.0 Å². The van der Waals surface area contributed by atoms with Crippen LogP contribution in [0.5, 0.6) is 0 Å². The first kappa shape index (κ1) is 16.6. The monoisotopic (exact) mass is 283 g/mol. The molecule has 1 aromatic heterocycles. The predicted molar refractivity (Wildman–Crippen MR) is 84.9 cm³/mol. The topological polar surface area (TPSA) is 28.2 Å². The van der Waals surface area contributed by atoms with E-state index in [4.69, 9.17) is 4.98 Å². The van der Waals surface area contributed by atoms with Crippen LogP contribution in [0.15, 0.2) is 0 Å². The number of aromatic nitrogens is 1. The quantitative estimate of drug-likeness (QED) is 0.754. The van der Waals surface area contributed by atoms with Crippen LogP contribution in [0.3, 0.4) is 0 Å². The van der Waals surface area contributed by atoms with Crippen LogP contribution in [0.1, 0.15) is 49.7 Å². The van der Waals surface area contributed by atoms with Crippen molar-refractivity contribution in [2.75, 3.05) is 19.6 Å². The molecule has 0 saturated heterocycles. The molecule has 4 heteroatoms. The van der Waals surface area contributed by atoms with E-state index in [2.05, 4.69) is 44.8 Å². The van der Waals surface area contributed by atoms with Crippen LogP contribution in [-0.2, 0) is 13.0 Å². The first-order valence-corrected chi connectivity index (χ1v) is 8.33. The van der Waals surface area contributed by atoms with Crippen molar-refractivity contribution < 1.29 is 0 Å². The molecule has 0 amide bonds. The normalized spacial score (nSPS) is 13.2. The van der Waals surface area contributed by atoms with Gasteiger partial charge in [-0.25, -0.2) is 4.98 Å². The highest BCUT2D eigenvalue weighted by Gasteiger charge is 2.09. The fourth-order valence-electron chi connectivity index (χ4n) is 1.96. The highest BCUT2D eigenvalue weighted by atomic mass is 32.1. The standard InChI is InChI=1S/C15H29N3S/c1-6-12(4)16-11-14-13(5)17-15(19-14)9-10-18(7-2)8-3/h12,16H,6-11H2,1-5H3. The maximum atomic E-state index is 4.71. The summed E-state index contributed by atoms with van der Waals surface area (Å²) in [6.07, 6.45) is 2.25. The molecule has 0 radical (unpaired) electrons. The lowest BCUT2D eigenvalue weighted by atomic mass is 10.2. The molecular formula is C15H29N3S. The van der Waals surface area contributed by atoms with Gasteiger partial charge in [0.25, 0.3) is 0 Å². The molecule has 1 rings (SSSR count). The SMILES string of the molecule is CCC(C)NCc1sc(CCN(CC)CC)nc1C. The lowest BCUT2D eigenvalue weighted by Gasteiger charge is -2.16. The molecule has 1 aromatic rings. The van der Waals surface area contributed by atoms with Crippen LogP contribution < -0.4 is 5.32 Å². The third kappa shape index (κ3) is 5.59. The third-order valence-corrected chi connectivity index (χ3v) is 4.91. The van der Waals surface area contributed by atoms with Gasteiger partial charge in [0, 0.05) is 30.4 Å². The van der Waals surface area contributed by atoms with Crippen molar-refractivity contribution >= 4 is 11.3 Å². The van der Waals surface area contributed by atoms with Crippen molar-refractivity contribution in [3.8, 4) is 0 Å². The molecule has 19 heavy (non-hydrogen) atoms. The Morgan fingerprint density at radius 3 is 2.53 bits per heavy atom. The minimum absolute atomic E-state index is 0.584. The third-order valence-electron chi connectivity index (χ3n) is 3.70. The number of aryl methyl sites for hydroxylation is 1. The van der Waals surface area contributed by atoms with Crippen molar-refractivity contribution in [3.05, 3.63) is 15.6 Å². The van der Waals surface area contributed by atoms with Gasteiger partial charge in [-0.1, -0.05) is 20.8 Å². The highest BCUT2D eigenvalue weighted by Crippen LogP contribution is 2.19. The Morgan fingerprint density at radius 2 is 1.95 bits per heavy atom. The van der Waals surface area contributed by atoms with E-state index < -0.39 is 0 Å². The van der Waals surface area contributed by atoms with Crippen molar-refractivity contribution in [2.24, 2.45) is 0 Å². The van der Waals surface area contributed by atoms with Gasteiger partial charge in [0.15, 0.2) is 0 Å². The van der Waals surface area contributed by atoms with Crippen molar-refractivity contribution in [1.29, 1.82) is 0 Å². The van der Waals surface area contributed by atoms with Crippen LogP contribution in [0.25, 0.3) is 0 Å². The maximum Gasteiger partial charge on any atom is 0.0944 e. The zero-order valence-corrected chi connectivity index (χ0v) is 13.9. The number of likely N-dealkylation sites (N-methyl/N-ethyl adjacent to an activating group) is 1. The summed E-state index contributed by atoms with van der Waals surface area (Å²) in [5.41, 5.74) is 1.20. The number of rotatable bonds is 9. The molecular weight excluding hydrogens is 254 g/mol. The minimum atomic E-state index is 0.584. The Morgan fingerprint density at radius 1 is 1.26 bits per heavy atom. The Kier molecular flexibility index (Phi) is 7.57. The van der Waals surface area contributed by atoms with Gasteiger partial charge in [-0.3, -0.25) is 0 Å². The van der Waals surface area contributed by atoms with E-state index in [0.717, 1.165) is 32.6 Å². The average molecular weight is 283 g/mol. The molecule has 0 bridgehead atoms. The van der Waals surface area contributed by atoms with Crippen LogP contribution in [0.2, 0.25) is 0 Å². The van der Waals surface area contributed by atoms with Gasteiger partial charge in [-0.2, -0.15) is 0 Å². The van der Waals surface area contributed by atoms with Gasteiger partial charge in [0.1, 0.15) is 0 Å². The van der Waals surface area contributed by atoms with E-state index in [9.17, 15) is 0 Å². The van der Waals surface area contributed by atoms with Gasteiger partial charge in [-0.15, -0.1) is 11.3 Å². The van der Waals surface area contributed by atoms with Gasteiger partial charge in [-0.05, 0) is 33.4 Å². The fourth-order valence-corrected chi connectivity index (χ4v) is 2.97. The lowest BCUT2D eigenvalue weighted by Crippen LogP contribution is -2.25. The molecule has 3 nitrogen and oxygen atoms in total. The molecule has 0 aromatic carbocycles. The number of nitrogens with zero attached hydrogens (tertiary/aromatic N) is 2. The van der Waals surface area contributed by atoms with Crippen LogP contribution in [0.4, 0.5) is 0 Å². The average Bonchev–Trinajstić information content (AvgIpc) is 2.77. The van der Waals surface area contributed by atoms with Crippen molar-refractivity contribution in [1.82, 2.24) is 15.2 Å². The number of nitrogens with one attached hydrogen (secondary N) is 1. The summed E-state index contributed by atoms with van der Waals surface area (Å²) in [6.45, 7) is 15.4. The Balaban J connectivity index is 2.49. The maximum absolute atomic E-state index is 4.71. The Hall–Kier alpha value is -0.450.